The highest BCUT2D eigenvalue weighted by atomic mass is 19.1. The number of rotatable bonds is 4. The summed E-state index contributed by atoms with van der Waals surface area (Å²) in [6.07, 6.45) is 1.39. The van der Waals surface area contributed by atoms with Gasteiger partial charge in [-0.05, 0) is 42.8 Å². The van der Waals surface area contributed by atoms with E-state index < -0.39 is 5.82 Å². The molecule has 0 aliphatic carbocycles. The van der Waals surface area contributed by atoms with E-state index >= 15 is 0 Å². The van der Waals surface area contributed by atoms with E-state index in [4.69, 9.17) is 4.52 Å². The van der Waals surface area contributed by atoms with Crippen molar-refractivity contribution in [3.63, 3.8) is 0 Å². The fourth-order valence-electron chi connectivity index (χ4n) is 3.57. The van der Waals surface area contributed by atoms with Crippen LogP contribution >= 0.6 is 0 Å². The fraction of sp³-hybridized carbons (Fsp3) is 0.143. The molecular formula is C21H15F2N5O2. The van der Waals surface area contributed by atoms with E-state index in [0.29, 0.717) is 34.3 Å². The van der Waals surface area contributed by atoms with Gasteiger partial charge in [-0.1, -0.05) is 17.3 Å². The quantitative estimate of drug-likeness (QED) is 0.456. The maximum Gasteiger partial charge on any atom is 0.278 e. The Morgan fingerprint density at radius 2 is 1.80 bits per heavy atom. The van der Waals surface area contributed by atoms with Crippen LogP contribution in [-0.2, 0) is 13.1 Å². The van der Waals surface area contributed by atoms with Crippen molar-refractivity contribution in [1.29, 1.82) is 0 Å². The summed E-state index contributed by atoms with van der Waals surface area (Å²) >= 11 is 0. The Labute approximate surface area is 168 Å². The van der Waals surface area contributed by atoms with E-state index in [1.807, 2.05) is 0 Å². The monoisotopic (exact) mass is 407 g/mol. The summed E-state index contributed by atoms with van der Waals surface area (Å²) in [4.78, 5) is 21.9. The van der Waals surface area contributed by atoms with Gasteiger partial charge in [0, 0.05) is 11.9 Å². The number of benzene rings is 2. The molecule has 0 saturated heterocycles. The van der Waals surface area contributed by atoms with Gasteiger partial charge in [-0.15, -0.1) is 0 Å². The number of fused-ring (bicyclic) bond motifs is 3. The van der Waals surface area contributed by atoms with Gasteiger partial charge in [0.15, 0.2) is 5.82 Å². The SMILES string of the molecule is Cc1noc(Cn2cnc3c4cc(F)ccc4n(Cc4ccc(F)cc4)c3c2=O)n1. The third kappa shape index (κ3) is 3.04. The highest BCUT2D eigenvalue weighted by Gasteiger charge is 2.18. The van der Waals surface area contributed by atoms with Crippen LogP contribution in [0.4, 0.5) is 8.78 Å². The maximum absolute atomic E-state index is 13.9. The summed E-state index contributed by atoms with van der Waals surface area (Å²) in [5, 5.41) is 4.26. The van der Waals surface area contributed by atoms with Crippen molar-refractivity contribution < 1.29 is 13.3 Å². The second kappa shape index (κ2) is 6.87. The lowest BCUT2D eigenvalue weighted by Crippen LogP contribution is -2.23. The van der Waals surface area contributed by atoms with Gasteiger partial charge in [0.25, 0.3) is 5.56 Å². The van der Waals surface area contributed by atoms with Crippen LogP contribution in [0, 0.1) is 18.6 Å². The lowest BCUT2D eigenvalue weighted by atomic mass is 10.2. The summed E-state index contributed by atoms with van der Waals surface area (Å²) in [7, 11) is 0. The standard InChI is InChI=1S/C21H15F2N5O2/c1-12-25-18(30-26-12)10-27-11-24-19-16-8-15(23)6-7-17(16)28(20(19)21(27)29)9-13-2-4-14(22)5-3-13/h2-8,11H,9-10H2,1H3. The number of aromatic nitrogens is 5. The summed E-state index contributed by atoms with van der Waals surface area (Å²) in [6, 6.07) is 10.3. The predicted molar refractivity (Wildman–Crippen MR) is 105 cm³/mol. The van der Waals surface area contributed by atoms with Gasteiger partial charge >= 0.3 is 0 Å². The van der Waals surface area contributed by atoms with Crippen molar-refractivity contribution in [3.8, 4) is 0 Å². The first-order chi connectivity index (χ1) is 14.5. The number of halogens is 2. The average molecular weight is 407 g/mol. The van der Waals surface area contributed by atoms with Crippen molar-refractivity contribution >= 4 is 21.9 Å². The van der Waals surface area contributed by atoms with Crippen LogP contribution < -0.4 is 5.56 Å². The molecule has 30 heavy (non-hydrogen) atoms. The topological polar surface area (TPSA) is 78.7 Å². The molecule has 0 aliphatic heterocycles. The number of nitrogens with zero attached hydrogens (tertiary/aromatic N) is 5. The Balaban J connectivity index is 1.73. The van der Waals surface area contributed by atoms with E-state index in [1.54, 1.807) is 29.7 Å². The molecule has 0 unspecified atom stereocenters. The third-order valence-electron chi connectivity index (χ3n) is 4.92. The maximum atomic E-state index is 13.9. The first-order valence-electron chi connectivity index (χ1n) is 9.20. The summed E-state index contributed by atoms with van der Waals surface area (Å²) in [5.74, 6) is -0.0199. The third-order valence-corrected chi connectivity index (χ3v) is 4.92. The molecule has 3 heterocycles. The van der Waals surface area contributed by atoms with Crippen molar-refractivity contribution in [2.45, 2.75) is 20.0 Å². The van der Waals surface area contributed by atoms with Crippen LogP contribution in [0.2, 0.25) is 0 Å². The minimum absolute atomic E-state index is 0.0645. The van der Waals surface area contributed by atoms with Crippen LogP contribution in [0.3, 0.4) is 0 Å². The number of hydrogen-bond acceptors (Lipinski definition) is 5. The smallest absolute Gasteiger partial charge is 0.278 e. The van der Waals surface area contributed by atoms with Gasteiger partial charge in [-0.2, -0.15) is 4.98 Å². The molecule has 0 amide bonds. The Morgan fingerprint density at radius 1 is 1.03 bits per heavy atom. The molecule has 0 atom stereocenters. The van der Waals surface area contributed by atoms with Gasteiger partial charge in [-0.3, -0.25) is 9.36 Å². The van der Waals surface area contributed by atoms with Crippen LogP contribution in [0.1, 0.15) is 17.3 Å². The second-order valence-corrected chi connectivity index (χ2v) is 6.98. The Hall–Kier alpha value is -3.88. The number of hydrogen-bond donors (Lipinski definition) is 0. The lowest BCUT2D eigenvalue weighted by Gasteiger charge is -2.08. The molecule has 0 saturated carbocycles. The minimum atomic E-state index is -0.421. The first kappa shape index (κ1) is 18.2. The normalized spacial score (nSPS) is 11.6. The molecule has 0 fully saturated rings. The molecular weight excluding hydrogens is 392 g/mol. The molecule has 5 rings (SSSR count). The zero-order chi connectivity index (χ0) is 20.8. The van der Waals surface area contributed by atoms with Gasteiger partial charge in [0.1, 0.15) is 29.2 Å². The Morgan fingerprint density at radius 3 is 2.53 bits per heavy atom. The highest BCUT2D eigenvalue weighted by Crippen LogP contribution is 2.27. The van der Waals surface area contributed by atoms with Crippen LogP contribution in [0.5, 0.6) is 0 Å². The van der Waals surface area contributed by atoms with E-state index in [-0.39, 0.29) is 23.8 Å². The summed E-state index contributed by atoms with van der Waals surface area (Å²) in [5.41, 5.74) is 1.84. The van der Waals surface area contributed by atoms with Crippen molar-refractivity contribution in [3.05, 3.63) is 88.1 Å². The zero-order valence-electron chi connectivity index (χ0n) is 15.8. The van der Waals surface area contributed by atoms with Crippen LogP contribution in [-0.4, -0.2) is 24.3 Å². The van der Waals surface area contributed by atoms with E-state index in [2.05, 4.69) is 15.1 Å². The Kier molecular flexibility index (Phi) is 4.16. The van der Waals surface area contributed by atoms with Crippen molar-refractivity contribution in [1.82, 2.24) is 24.3 Å². The average Bonchev–Trinajstić information content (AvgIpc) is 3.27. The summed E-state index contributed by atoms with van der Waals surface area (Å²) < 4.78 is 35.5. The van der Waals surface area contributed by atoms with E-state index in [9.17, 15) is 13.6 Å². The molecule has 7 nitrogen and oxygen atoms in total. The van der Waals surface area contributed by atoms with Crippen molar-refractivity contribution in [2.24, 2.45) is 0 Å². The fourth-order valence-corrected chi connectivity index (χ4v) is 3.57. The molecule has 0 bridgehead atoms. The summed E-state index contributed by atoms with van der Waals surface area (Å²) in [6.45, 7) is 2.05. The lowest BCUT2D eigenvalue weighted by molar-refractivity contribution is 0.366. The Bertz CT molecular complexity index is 1450. The van der Waals surface area contributed by atoms with Crippen LogP contribution in [0.25, 0.3) is 21.9 Å². The van der Waals surface area contributed by atoms with Gasteiger partial charge in [-0.25, -0.2) is 13.8 Å². The van der Waals surface area contributed by atoms with Crippen LogP contribution in [0.15, 0.2) is 58.1 Å². The van der Waals surface area contributed by atoms with Gasteiger partial charge in [0.05, 0.1) is 11.8 Å². The second-order valence-electron chi connectivity index (χ2n) is 6.98. The highest BCUT2D eigenvalue weighted by molar-refractivity contribution is 6.05. The molecule has 0 radical (unpaired) electrons. The molecule has 9 heteroatoms. The molecule has 3 aromatic heterocycles. The predicted octanol–water partition coefficient (Wildman–Crippen LogP) is 3.42. The molecule has 0 N–H and O–H groups in total. The van der Waals surface area contributed by atoms with E-state index in [1.165, 1.54) is 35.2 Å². The molecule has 5 aromatic rings. The van der Waals surface area contributed by atoms with E-state index in [0.717, 1.165) is 5.56 Å². The molecule has 2 aromatic carbocycles. The molecule has 0 aliphatic rings. The van der Waals surface area contributed by atoms with Gasteiger partial charge < -0.3 is 9.09 Å². The largest absolute Gasteiger partial charge is 0.337 e. The van der Waals surface area contributed by atoms with Crippen molar-refractivity contribution in [2.75, 3.05) is 0 Å². The first-order valence-corrected chi connectivity index (χ1v) is 9.20. The zero-order valence-corrected chi connectivity index (χ0v) is 15.8. The minimum Gasteiger partial charge on any atom is -0.337 e. The number of aryl methyl sites for hydroxylation is 1. The van der Waals surface area contributed by atoms with Gasteiger partial charge in [0.2, 0.25) is 5.89 Å². The molecule has 150 valence electrons. The molecule has 0 spiro atoms.